The van der Waals surface area contributed by atoms with Gasteiger partial charge in [0, 0.05) is 32.8 Å². The molecule has 1 aromatic carbocycles. The van der Waals surface area contributed by atoms with Gasteiger partial charge in [-0.2, -0.15) is 0 Å². The Morgan fingerprint density at radius 1 is 1.00 bits per heavy atom. The molecule has 0 spiro atoms. The lowest BCUT2D eigenvalue weighted by Gasteiger charge is -2.41. The first-order valence-corrected chi connectivity index (χ1v) is 7.12. The highest BCUT2D eigenvalue weighted by Gasteiger charge is 2.30. The average molecular weight is 263 g/mol. The Balaban J connectivity index is 2.08. The van der Waals surface area contributed by atoms with Crippen LogP contribution in [0.15, 0.2) is 30.3 Å². The maximum Gasteiger partial charge on any atom is 0.0618 e. The zero-order chi connectivity index (χ0) is 13.5. The molecular weight excluding hydrogens is 238 g/mol. The molecule has 2 atom stereocenters. The molecule has 0 aromatic heterocycles. The van der Waals surface area contributed by atoms with Gasteiger partial charge in [0.05, 0.1) is 13.2 Å². The van der Waals surface area contributed by atoms with Crippen molar-refractivity contribution in [1.82, 2.24) is 4.90 Å². The molecule has 1 saturated heterocycles. The molecule has 0 saturated carbocycles. The predicted octanol–water partition coefficient (Wildman–Crippen LogP) is 2.70. The summed E-state index contributed by atoms with van der Waals surface area (Å²) in [6.45, 7) is 2.61. The van der Waals surface area contributed by atoms with Gasteiger partial charge in [0.2, 0.25) is 0 Å². The smallest absolute Gasteiger partial charge is 0.0618 e. The van der Waals surface area contributed by atoms with Crippen molar-refractivity contribution < 1.29 is 9.47 Å². The summed E-state index contributed by atoms with van der Waals surface area (Å²) in [6.07, 6.45) is 3.72. The van der Waals surface area contributed by atoms with Crippen molar-refractivity contribution in [3.8, 4) is 0 Å². The Labute approximate surface area is 116 Å². The van der Waals surface area contributed by atoms with E-state index in [4.69, 9.17) is 9.47 Å². The van der Waals surface area contributed by atoms with E-state index in [1.54, 1.807) is 14.2 Å². The number of piperidine rings is 1. The first kappa shape index (κ1) is 14.5. The number of methoxy groups -OCH3 is 2. The monoisotopic (exact) mass is 263 g/mol. The minimum atomic E-state index is 0.513. The molecule has 1 aromatic rings. The summed E-state index contributed by atoms with van der Waals surface area (Å²) < 4.78 is 10.8. The molecule has 3 nitrogen and oxygen atoms in total. The summed E-state index contributed by atoms with van der Waals surface area (Å²) >= 11 is 0. The number of benzene rings is 1. The lowest BCUT2D eigenvalue weighted by molar-refractivity contribution is -0.00792. The zero-order valence-corrected chi connectivity index (χ0v) is 12.0. The van der Waals surface area contributed by atoms with E-state index >= 15 is 0 Å². The molecule has 1 aliphatic heterocycles. The number of likely N-dealkylation sites (tertiary alicyclic amines) is 1. The molecule has 0 bridgehead atoms. The number of hydrogen-bond donors (Lipinski definition) is 0. The number of ether oxygens (including phenoxy) is 2. The molecule has 106 valence electrons. The highest BCUT2D eigenvalue weighted by atomic mass is 16.5. The first-order chi connectivity index (χ1) is 9.35. The van der Waals surface area contributed by atoms with Crippen LogP contribution in [-0.4, -0.2) is 44.4 Å². The van der Waals surface area contributed by atoms with Gasteiger partial charge in [0.15, 0.2) is 0 Å². The molecule has 0 amide bonds. The van der Waals surface area contributed by atoms with Gasteiger partial charge in [-0.05, 0) is 18.4 Å². The van der Waals surface area contributed by atoms with Crippen LogP contribution in [0.5, 0.6) is 0 Å². The third-order valence-corrected chi connectivity index (χ3v) is 3.94. The van der Waals surface area contributed by atoms with Crippen LogP contribution >= 0.6 is 0 Å². The van der Waals surface area contributed by atoms with E-state index in [1.165, 1.54) is 24.8 Å². The highest BCUT2D eigenvalue weighted by molar-refractivity contribution is 5.15. The van der Waals surface area contributed by atoms with Crippen molar-refractivity contribution in [2.45, 2.75) is 37.9 Å². The van der Waals surface area contributed by atoms with Crippen LogP contribution < -0.4 is 0 Å². The Hall–Kier alpha value is -0.900. The molecule has 3 heteroatoms. The van der Waals surface area contributed by atoms with Crippen LogP contribution in [0.4, 0.5) is 0 Å². The van der Waals surface area contributed by atoms with Crippen molar-refractivity contribution in [2.75, 3.05) is 27.4 Å². The molecule has 1 heterocycles. The van der Waals surface area contributed by atoms with Gasteiger partial charge in [-0.1, -0.05) is 36.8 Å². The summed E-state index contributed by atoms with van der Waals surface area (Å²) in [7, 11) is 3.58. The van der Waals surface area contributed by atoms with E-state index in [-0.39, 0.29) is 0 Å². The normalized spacial score (nSPS) is 24.5. The van der Waals surface area contributed by atoms with E-state index in [0.29, 0.717) is 12.1 Å². The summed E-state index contributed by atoms with van der Waals surface area (Å²) in [5.74, 6) is 0. The predicted molar refractivity (Wildman–Crippen MR) is 77.2 cm³/mol. The van der Waals surface area contributed by atoms with Crippen molar-refractivity contribution in [2.24, 2.45) is 0 Å². The van der Waals surface area contributed by atoms with E-state index in [2.05, 4.69) is 35.2 Å². The third-order valence-electron chi connectivity index (χ3n) is 3.94. The standard InChI is InChI=1S/C16H25NO2/c1-18-12-15-9-6-10-16(13-19-2)17(15)11-14-7-4-3-5-8-14/h3-5,7-8,15-16H,6,9-13H2,1-2H3/t15-,16+. The Kier molecular flexibility index (Phi) is 5.83. The van der Waals surface area contributed by atoms with Crippen molar-refractivity contribution >= 4 is 0 Å². The molecule has 0 N–H and O–H groups in total. The van der Waals surface area contributed by atoms with Gasteiger partial charge in [-0.15, -0.1) is 0 Å². The molecule has 2 rings (SSSR count). The molecule has 19 heavy (non-hydrogen) atoms. The van der Waals surface area contributed by atoms with Gasteiger partial charge in [0.25, 0.3) is 0 Å². The van der Waals surface area contributed by atoms with Crippen molar-refractivity contribution in [1.29, 1.82) is 0 Å². The molecular formula is C16H25NO2. The topological polar surface area (TPSA) is 21.7 Å². The van der Waals surface area contributed by atoms with Crippen LogP contribution in [0, 0.1) is 0 Å². The minimum absolute atomic E-state index is 0.513. The highest BCUT2D eigenvalue weighted by Crippen LogP contribution is 2.25. The first-order valence-electron chi connectivity index (χ1n) is 7.12. The Morgan fingerprint density at radius 3 is 2.11 bits per heavy atom. The van der Waals surface area contributed by atoms with Gasteiger partial charge < -0.3 is 9.47 Å². The quantitative estimate of drug-likeness (QED) is 0.787. The number of rotatable bonds is 6. The fourth-order valence-corrected chi connectivity index (χ4v) is 3.01. The van der Waals surface area contributed by atoms with Gasteiger partial charge in [-0.3, -0.25) is 4.90 Å². The van der Waals surface area contributed by atoms with E-state index < -0.39 is 0 Å². The van der Waals surface area contributed by atoms with Crippen LogP contribution in [0.1, 0.15) is 24.8 Å². The van der Waals surface area contributed by atoms with Gasteiger partial charge in [0.1, 0.15) is 0 Å². The Morgan fingerprint density at radius 2 is 1.58 bits per heavy atom. The van der Waals surface area contributed by atoms with Gasteiger partial charge >= 0.3 is 0 Å². The van der Waals surface area contributed by atoms with Crippen LogP contribution in [0.3, 0.4) is 0 Å². The summed E-state index contributed by atoms with van der Waals surface area (Å²) in [6, 6.07) is 11.7. The average Bonchev–Trinajstić information content (AvgIpc) is 2.44. The maximum absolute atomic E-state index is 5.39. The number of hydrogen-bond acceptors (Lipinski definition) is 3. The SMILES string of the molecule is COC[C@H]1CCC[C@@H](COC)N1Cc1ccccc1. The second kappa shape index (κ2) is 7.63. The Bertz CT molecular complexity index is 337. The van der Waals surface area contributed by atoms with Crippen LogP contribution in [0.25, 0.3) is 0 Å². The molecule has 1 aliphatic rings. The van der Waals surface area contributed by atoms with Crippen LogP contribution in [0.2, 0.25) is 0 Å². The molecule has 1 fully saturated rings. The lowest BCUT2D eigenvalue weighted by Crippen LogP contribution is -2.49. The van der Waals surface area contributed by atoms with E-state index in [9.17, 15) is 0 Å². The summed E-state index contributed by atoms with van der Waals surface area (Å²) in [5, 5.41) is 0. The summed E-state index contributed by atoms with van der Waals surface area (Å²) in [5.41, 5.74) is 1.37. The van der Waals surface area contributed by atoms with Crippen molar-refractivity contribution in [3.05, 3.63) is 35.9 Å². The molecule has 0 unspecified atom stereocenters. The fraction of sp³-hybridized carbons (Fsp3) is 0.625. The lowest BCUT2D eigenvalue weighted by atomic mass is 9.95. The second-order valence-corrected chi connectivity index (χ2v) is 5.31. The van der Waals surface area contributed by atoms with E-state index in [1.807, 2.05) is 0 Å². The molecule has 0 radical (unpaired) electrons. The molecule has 0 aliphatic carbocycles. The fourth-order valence-electron chi connectivity index (χ4n) is 3.01. The number of nitrogens with zero attached hydrogens (tertiary/aromatic N) is 1. The van der Waals surface area contributed by atoms with Crippen molar-refractivity contribution in [3.63, 3.8) is 0 Å². The second-order valence-electron chi connectivity index (χ2n) is 5.31. The zero-order valence-electron chi connectivity index (χ0n) is 12.0. The minimum Gasteiger partial charge on any atom is -0.383 e. The largest absolute Gasteiger partial charge is 0.383 e. The summed E-state index contributed by atoms with van der Waals surface area (Å²) in [4.78, 5) is 2.56. The van der Waals surface area contributed by atoms with E-state index in [0.717, 1.165) is 19.8 Å². The third kappa shape index (κ3) is 4.03. The maximum atomic E-state index is 5.39. The van der Waals surface area contributed by atoms with Crippen LogP contribution in [-0.2, 0) is 16.0 Å². The van der Waals surface area contributed by atoms with Gasteiger partial charge in [-0.25, -0.2) is 0 Å².